The minimum absolute atomic E-state index is 0.139. The standard InChI is InChI=1S/C45H28N2.C20H14N2O.C20H14N2.C19H12N2O.C14H11NO3.C14H13NO/c1-3-13-29(14-4-1)30-23-25-31(26-24-30)42-35-18-7-9-20-37(35)43(38-21-10-8-19-36(38)42)33-27-39-34-17-11-12-22-41(34)47-44(39)40(28-33)46-45(47)32-15-5-2-6-16-32;1-23-14-11-16-15-9-5-6-10-18(15)22-19(16)17(12-14)21-20(22)13-7-3-2-4-8-13;1-13-11-16-15-9-5-6-10-18(15)22-19(16)17(12-13)21-20(22)14-7-3-2-4-8-14;22-13-10-15-14-8-4-5-9-17(14)21-18(15)16(11-13)20-19(21)12-6-2-1-3-7-12;1-18-10-7-12-11-5-3-2-4-9(11)6-13(12)14(8-10)15(16)17;1-16-10-7-12-11-5-3-2-4-9(11)6-13(12)14(15)8-10/h1-28H;2-12H,1H3;2-12H,1H3;1-11,22H;2-5,7-8H,6H2,1H3;2-5,7-8H,6,15H2,1H3. The van der Waals surface area contributed by atoms with Gasteiger partial charge in [0.05, 0.1) is 98.5 Å². The maximum absolute atomic E-state index is 11.1. The Bertz CT molecular complexity index is 9950. The van der Waals surface area contributed by atoms with Crippen molar-refractivity contribution in [1.82, 2.24) is 37.5 Å². The molecule has 0 saturated carbocycles. The summed E-state index contributed by atoms with van der Waals surface area (Å²) in [5, 5.41) is 35.8. The number of fused-ring (bicyclic) bond motifs is 20. The molecule has 0 saturated heterocycles. The van der Waals surface area contributed by atoms with Crippen LogP contribution in [0.25, 0.3) is 232 Å². The van der Waals surface area contributed by atoms with E-state index >= 15 is 0 Å². The van der Waals surface area contributed by atoms with Gasteiger partial charge >= 0.3 is 0 Å². The second-order valence-corrected chi connectivity index (χ2v) is 37.7. The fraction of sp³-hybridized carbons (Fsp3) is 0.0455. The number of phenols is 1. The van der Waals surface area contributed by atoms with Crippen LogP contribution in [0.3, 0.4) is 0 Å². The highest BCUT2D eigenvalue weighted by atomic mass is 16.6. The molecule has 16 nitrogen and oxygen atoms in total. The Morgan fingerprint density at radius 2 is 0.588 bits per heavy atom. The minimum Gasteiger partial charge on any atom is -0.508 e. The summed E-state index contributed by atoms with van der Waals surface area (Å²) in [5.74, 6) is 6.33. The molecule has 2 aliphatic carbocycles. The zero-order valence-electron chi connectivity index (χ0n) is 81.2. The van der Waals surface area contributed by atoms with Crippen LogP contribution in [-0.2, 0) is 12.8 Å². The molecule has 21 aromatic carbocycles. The number of methoxy groups -OCH3 is 3. The van der Waals surface area contributed by atoms with Crippen molar-refractivity contribution in [3.63, 3.8) is 0 Å². The van der Waals surface area contributed by atoms with Crippen molar-refractivity contribution in [2.24, 2.45) is 0 Å². The van der Waals surface area contributed by atoms with Crippen molar-refractivity contribution in [2.75, 3.05) is 27.1 Å². The van der Waals surface area contributed by atoms with Gasteiger partial charge < -0.3 is 25.1 Å². The number of nitro groups is 1. The number of nitrogens with two attached hydrogens (primary N) is 1. The van der Waals surface area contributed by atoms with Gasteiger partial charge in [-0.1, -0.05) is 346 Å². The first-order valence-corrected chi connectivity index (χ1v) is 49.5. The number of anilines is 1. The van der Waals surface area contributed by atoms with Gasteiger partial charge in [0, 0.05) is 108 Å². The fourth-order valence-electron chi connectivity index (χ4n) is 22.7. The molecule has 0 amide bonds. The Morgan fingerprint density at radius 3 is 1.01 bits per heavy atom. The van der Waals surface area contributed by atoms with Crippen molar-refractivity contribution in [2.45, 2.75) is 19.8 Å². The number of para-hydroxylation sites is 4. The van der Waals surface area contributed by atoms with Gasteiger partial charge in [0.1, 0.15) is 46.3 Å². The van der Waals surface area contributed by atoms with E-state index in [0.29, 0.717) is 12.2 Å². The lowest BCUT2D eigenvalue weighted by Crippen LogP contribution is -1.95. The number of hydrogen-bond donors (Lipinski definition) is 2. The lowest BCUT2D eigenvalue weighted by molar-refractivity contribution is -0.385. The lowest BCUT2D eigenvalue weighted by Gasteiger charge is -2.18. The molecule has 148 heavy (non-hydrogen) atoms. The molecule has 31 rings (SSSR count). The molecule has 0 unspecified atom stereocenters. The number of nitrogens with zero attached hydrogens (tertiary/aromatic N) is 9. The molecule has 0 radical (unpaired) electrons. The number of aromatic hydroxyl groups is 1. The van der Waals surface area contributed by atoms with Crippen LogP contribution in [0.2, 0.25) is 0 Å². The van der Waals surface area contributed by atoms with Crippen LogP contribution < -0.4 is 19.9 Å². The summed E-state index contributed by atoms with van der Waals surface area (Å²) in [6.07, 6.45) is 1.55. The monoisotopic (exact) mass is 1910 g/mol. The number of ether oxygens (including phenoxy) is 3. The zero-order chi connectivity index (χ0) is 99.5. The second-order valence-electron chi connectivity index (χ2n) is 37.7. The predicted octanol–water partition coefficient (Wildman–Crippen LogP) is 32.3. The van der Waals surface area contributed by atoms with E-state index in [1.807, 2.05) is 103 Å². The van der Waals surface area contributed by atoms with Gasteiger partial charge in [0.15, 0.2) is 0 Å². The van der Waals surface area contributed by atoms with Crippen molar-refractivity contribution < 1.29 is 24.2 Å². The van der Waals surface area contributed by atoms with Crippen LogP contribution >= 0.6 is 0 Å². The molecular weight excluding hydrogens is 1820 g/mol. The van der Waals surface area contributed by atoms with Crippen molar-refractivity contribution >= 4 is 142 Å². The van der Waals surface area contributed by atoms with Gasteiger partial charge in [-0.15, -0.1) is 0 Å². The third kappa shape index (κ3) is 15.0. The van der Waals surface area contributed by atoms with E-state index in [-0.39, 0.29) is 16.4 Å². The number of benzene rings is 21. The highest BCUT2D eigenvalue weighted by Crippen LogP contribution is 2.51. The van der Waals surface area contributed by atoms with Gasteiger partial charge in [-0.25, -0.2) is 19.9 Å². The Labute approximate surface area is 850 Å². The third-order valence-corrected chi connectivity index (χ3v) is 29.2. The normalized spacial score (nSPS) is 11.8. The molecule has 2 aliphatic rings. The maximum atomic E-state index is 11.1. The van der Waals surface area contributed by atoms with Crippen molar-refractivity contribution in [3.05, 3.63) is 481 Å². The van der Waals surface area contributed by atoms with Gasteiger partial charge in [0.25, 0.3) is 5.69 Å². The molecule has 8 aromatic heterocycles. The van der Waals surface area contributed by atoms with E-state index in [1.165, 1.54) is 156 Å². The second kappa shape index (κ2) is 36.4. The summed E-state index contributed by atoms with van der Waals surface area (Å²) in [5.41, 5.74) is 42.3. The predicted molar refractivity (Wildman–Crippen MR) is 605 cm³/mol. The van der Waals surface area contributed by atoms with E-state index in [9.17, 15) is 15.2 Å². The first-order chi connectivity index (χ1) is 72.8. The van der Waals surface area contributed by atoms with E-state index in [1.54, 1.807) is 20.3 Å². The van der Waals surface area contributed by atoms with E-state index in [0.717, 1.165) is 141 Å². The number of hydrogen-bond acceptors (Lipinski definition) is 11. The summed E-state index contributed by atoms with van der Waals surface area (Å²) in [6, 6.07) is 153. The minimum atomic E-state index is -0.340. The zero-order valence-corrected chi connectivity index (χ0v) is 81.2. The summed E-state index contributed by atoms with van der Waals surface area (Å²) in [6.45, 7) is 2.14. The molecule has 0 fully saturated rings. The molecular formula is C132H92N10O6. The average molecular weight is 1910 g/mol. The van der Waals surface area contributed by atoms with E-state index in [2.05, 4.69) is 352 Å². The van der Waals surface area contributed by atoms with Gasteiger partial charge in [-0.2, -0.15) is 0 Å². The quantitative estimate of drug-likeness (QED) is 0.0543. The largest absolute Gasteiger partial charge is 0.508 e. The lowest BCUT2D eigenvalue weighted by atomic mass is 9.85. The molecule has 16 heteroatoms. The Hall–Kier alpha value is -19.6. The van der Waals surface area contributed by atoms with Crippen molar-refractivity contribution in [1.29, 1.82) is 0 Å². The number of aryl methyl sites for hydroxylation is 1. The molecule has 8 heterocycles. The summed E-state index contributed by atoms with van der Waals surface area (Å²) >= 11 is 0. The molecule has 3 N–H and O–H groups in total. The number of rotatable bonds is 11. The number of aromatic nitrogens is 8. The Morgan fingerprint density at radius 1 is 0.277 bits per heavy atom. The Balaban J connectivity index is 0.0000000944. The molecule has 29 aromatic rings. The summed E-state index contributed by atoms with van der Waals surface area (Å²) in [4.78, 5) is 30.7. The van der Waals surface area contributed by atoms with Crippen LogP contribution in [0.5, 0.6) is 23.0 Å². The fourth-order valence-corrected chi connectivity index (χ4v) is 22.7. The van der Waals surface area contributed by atoms with Crippen molar-refractivity contribution in [3.8, 4) is 124 Å². The first kappa shape index (κ1) is 88.6. The number of nitro benzene ring substituents is 1. The maximum Gasteiger partial charge on any atom is 0.277 e. The summed E-state index contributed by atoms with van der Waals surface area (Å²) in [7, 11) is 4.89. The smallest absolute Gasteiger partial charge is 0.277 e. The van der Waals surface area contributed by atoms with E-state index < -0.39 is 0 Å². The SMILES string of the molecule is COc1cc(N)c2c(c1)-c1ccccc1C2.COc1cc2c(c([N+](=O)[O-])c1)Cc1ccccc1-2.COc1cc2nc(-c3ccccc3)n3c4ccccc4c(c1)c23.Cc1cc2nc(-c3ccccc3)n3c4ccccc4c(c1)c23.Oc1cc2nc(-c3ccccc3)n3c4ccccc4c(c1)c23.c1ccc(-c2ccc(-c3c4ccccc4c(-c4cc5nc(-c6ccccc6)n6c7ccccc7c(c4)c56)c4ccccc34)cc2)cc1. The van der Waals surface area contributed by atoms with Gasteiger partial charge in [0.2, 0.25) is 0 Å². The molecule has 0 bridgehead atoms. The number of phenolic OH excluding ortho intramolecular Hbond substituents is 1. The van der Waals surface area contributed by atoms with Crippen LogP contribution in [-0.4, -0.2) is 68.9 Å². The first-order valence-electron chi connectivity index (χ1n) is 49.5. The van der Waals surface area contributed by atoms with Gasteiger partial charge in [-0.05, 0) is 179 Å². The molecule has 706 valence electrons. The molecule has 0 aliphatic heterocycles. The van der Waals surface area contributed by atoms with E-state index in [4.69, 9.17) is 39.9 Å². The average Bonchev–Trinajstić information content (AvgIpc) is 1.34. The third-order valence-electron chi connectivity index (χ3n) is 29.2. The van der Waals surface area contributed by atoms with Crippen LogP contribution in [0.4, 0.5) is 11.4 Å². The number of nitrogen functional groups attached to an aromatic ring is 1. The number of imidazole rings is 4. The topological polar surface area (TPSA) is 186 Å². The highest BCUT2D eigenvalue weighted by molar-refractivity contribution is 6.25. The van der Waals surface area contributed by atoms with Crippen LogP contribution in [0.15, 0.2) is 443 Å². The van der Waals surface area contributed by atoms with Crippen LogP contribution in [0.1, 0.15) is 27.8 Å². The van der Waals surface area contributed by atoms with Gasteiger partial charge in [-0.3, -0.25) is 27.7 Å². The van der Waals surface area contributed by atoms with Crippen LogP contribution in [0, 0.1) is 17.0 Å². The Kier molecular flexibility index (Phi) is 21.8. The summed E-state index contributed by atoms with van der Waals surface area (Å²) < 4.78 is 25.0. The highest BCUT2D eigenvalue weighted by Gasteiger charge is 2.31. The molecule has 0 spiro atoms. The molecule has 0 atom stereocenters.